The SMILES string of the molecule is O=C(OI)c1nnc(CCc2ccc(F)cc2)s1. The lowest BCUT2D eigenvalue weighted by Crippen LogP contribution is -1.95. The molecule has 2 rings (SSSR count). The zero-order valence-electron chi connectivity index (χ0n) is 9.10. The smallest absolute Gasteiger partial charge is 0.378 e. The number of hydrogen-bond acceptors (Lipinski definition) is 5. The summed E-state index contributed by atoms with van der Waals surface area (Å²) in [6.45, 7) is 0. The largest absolute Gasteiger partial charge is 0.389 e. The third-order valence-corrected chi connectivity index (χ3v) is 3.62. The molecule has 0 fully saturated rings. The summed E-state index contributed by atoms with van der Waals surface area (Å²) in [5.41, 5.74) is 1.02. The summed E-state index contributed by atoms with van der Waals surface area (Å²) < 4.78 is 17.2. The van der Waals surface area contributed by atoms with Gasteiger partial charge in [-0.15, -0.1) is 10.2 Å². The van der Waals surface area contributed by atoms with Gasteiger partial charge in [-0.05, 0) is 24.1 Å². The van der Waals surface area contributed by atoms with Crippen molar-refractivity contribution in [2.24, 2.45) is 0 Å². The molecule has 0 saturated heterocycles. The van der Waals surface area contributed by atoms with E-state index in [9.17, 15) is 9.18 Å². The first-order valence-electron chi connectivity index (χ1n) is 5.09. The molecule has 1 heterocycles. The highest BCUT2D eigenvalue weighted by atomic mass is 127. The lowest BCUT2D eigenvalue weighted by molar-refractivity contribution is 0.0799. The molecule has 18 heavy (non-hydrogen) atoms. The molecule has 4 nitrogen and oxygen atoms in total. The van der Waals surface area contributed by atoms with Gasteiger partial charge < -0.3 is 3.07 Å². The van der Waals surface area contributed by atoms with E-state index in [0.29, 0.717) is 6.42 Å². The topological polar surface area (TPSA) is 52.1 Å². The summed E-state index contributed by atoms with van der Waals surface area (Å²) in [7, 11) is 0. The minimum Gasteiger partial charge on any atom is -0.389 e. The number of nitrogens with zero attached hydrogens (tertiary/aromatic N) is 2. The van der Waals surface area contributed by atoms with Gasteiger partial charge >= 0.3 is 5.97 Å². The van der Waals surface area contributed by atoms with E-state index in [-0.39, 0.29) is 10.8 Å². The summed E-state index contributed by atoms with van der Waals surface area (Å²) in [6, 6.07) is 6.31. The van der Waals surface area contributed by atoms with Crippen molar-refractivity contribution in [1.29, 1.82) is 0 Å². The van der Waals surface area contributed by atoms with Crippen LogP contribution in [0.3, 0.4) is 0 Å². The summed E-state index contributed by atoms with van der Waals surface area (Å²) >= 11 is 2.73. The summed E-state index contributed by atoms with van der Waals surface area (Å²) in [4.78, 5) is 11.2. The van der Waals surface area contributed by atoms with Gasteiger partial charge in [0.05, 0.1) is 0 Å². The second kappa shape index (κ2) is 6.19. The standard InChI is InChI=1S/C11H8FIN2O2S/c12-8-4-1-7(2-5-8)3-6-9-14-15-10(18-9)11(16)17-13/h1-2,4-5H,3,6H2. The van der Waals surface area contributed by atoms with Crippen LogP contribution in [0.15, 0.2) is 24.3 Å². The zero-order valence-corrected chi connectivity index (χ0v) is 12.1. The van der Waals surface area contributed by atoms with Crippen molar-refractivity contribution in [3.63, 3.8) is 0 Å². The average molecular weight is 378 g/mol. The molecule has 94 valence electrons. The van der Waals surface area contributed by atoms with Crippen LogP contribution in [0.25, 0.3) is 0 Å². The van der Waals surface area contributed by atoms with Gasteiger partial charge in [0.15, 0.2) is 23.0 Å². The molecule has 0 radical (unpaired) electrons. The maximum absolute atomic E-state index is 12.7. The molecule has 0 N–H and O–H groups in total. The maximum atomic E-state index is 12.7. The van der Waals surface area contributed by atoms with Crippen LogP contribution in [0, 0.1) is 5.82 Å². The van der Waals surface area contributed by atoms with Crippen molar-refractivity contribution >= 4 is 40.3 Å². The molecule has 0 amide bonds. The number of rotatable bonds is 4. The highest BCUT2D eigenvalue weighted by molar-refractivity contribution is 14.1. The fraction of sp³-hybridized carbons (Fsp3) is 0.182. The number of carbonyl (C=O) groups excluding carboxylic acids is 1. The fourth-order valence-electron chi connectivity index (χ4n) is 1.37. The van der Waals surface area contributed by atoms with Crippen molar-refractivity contribution in [3.05, 3.63) is 45.7 Å². The van der Waals surface area contributed by atoms with Crippen LogP contribution in [-0.4, -0.2) is 16.2 Å². The van der Waals surface area contributed by atoms with Crippen molar-refractivity contribution in [2.45, 2.75) is 12.8 Å². The normalized spacial score (nSPS) is 10.3. The first kappa shape index (κ1) is 13.3. The Morgan fingerprint density at radius 2 is 2.00 bits per heavy atom. The Bertz CT molecular complexity index is 544. The highest BCUT2D eigenvalue weighted by Gasteiger charge is 2.13. The predicted octanol–water partition coefficient (Wildman–Crippen LogP) is 2.97. The number of aromatic nitrogens is 2. The summed E-state index contributed by atoms with van der Waals surface area (Å²) in [5, 5.41) is 8.66. The number of halogens is 2. The van der Waals surface area contributed by atoms with E-state index < -0.39 is 5.97 Å². The van der Waals surface area contributed by atoms with E-state index in [4.69, 9.17) is 0 Å². The number of hydrogen-bond donors (Lipinski definition) is 0. The first-order chi connectivity index (χ1) is 8.69. The van der Waals surface area contributed by atoms with Gasteiger partial charge in [0, 0.05) is 6.42 Å². The Labute approximate surface area is 121 Å². The molecule has 2 aromatic rings. The molecule has 0 aliphatic carbocycles. The lowest BCUT2D eigenvalue weighted by Gasteiger charge is -1.97. The molecule has 0 bridgehead atoms. The van der Waals surface area contributed by atoms with Crippen molar-refractivity contribution in [1.82, 2.24) is 10.2 Å². The number of benzene rings is 1. The Morgan fingerprint density at radius 1 is 1.28 bits per heavy atom. The van der Waals surface area contributed by atoms with Crippen LogP contribution in [0.5, 0.6) is 0 Å². The van der Waals surface area contributed by atoms with Crippen LogP contribution in [-0.2, 0) is 15.9 Å². The predicted molar refractivity (Wildman–Crippen MR) is 73.2 cm³/mol. The van der Waals surface area contributed by atoms with Gasteiger partial charge in [0.25, 0.3) is 0 Å². The molecule has 0 spiro atoms. The van der Waals surface area contributed by atoms with E-state index in [1.54, 1.807) is 12.1 Å². The van der Waals surface area contributed by atoms with Gasteiger partial charge in [-0.3, -0.25) is 0 Å². The van der Waals surface area contributed by atoms with E-state index in [2.05, 4.69) is 13.3 Å². The van der Waals surface area contributed by atoms with Crippen LogP contribution >= 0.6 is 34.3 Å². The van der Waals surface area contributed by atoms with Crippen LogP contribution < -0.4 is 0 Å². The third kappa shape index (κ3) is 3.45. The van der Waals surface area contributed by atoms with E-state index in [1.807, 2.05) is 0 Å². The molecule has 0 atom stereocenters. The second-order valence-corrected chi connectivity index (χ2v) is 4.99. The van der Waals surface area contributed by atoms with E-state index in [1.165, 1.54) is 46.5 Å². The molecular formula is C11H8FIN2O2S. The maximum Gasteiger partial charge on any atom is 0.378 e. The monoisotopic (exact) mass is 378 g/mol. The zero-order chi connectivity index (χ0) is 13.0. The summed E-state index contributed by atoms with van der Waals surface area (Å²) in [6.07, 6.45) is 1.39. The molecular weight excluding hydrogens is 370 g/mol. The fourth-order valence-corrected chi connectivity index (χ4v) is 2.45. The van der Waals surface area contributed by atoms with Crippen molar-refractivity contribution in [2.75, 3.05) is 0 Å². The van der Waals surface area contributed by atoms with Crippen LogP contribution in [0.2, 0.25) is 0 Å². The first-order valence-corrected chi connectivity index (χ1v) is 6.78. The minimum atomic E-state index is -0.485. The van der Waals surface area contributed by atoms with Crippen molar-refractivity contribution in [3.8, 4) is 0 Å². The van der Waals surface area contributed by atoms with Crippen molar-refractivity contribution < 1.29 is 12.3 Å². The number of aryl methyl sites for hydroxylation is 2. The van der Waals surface area contributed by atoms with Gasteiger partial charge in [0.1, 0.15) is 10.8 Å². The van der Waals surface area contributed by atoms with E-state index in [0.717, 1.165) is 17.0 Å². The van der Waals surface area contributed by atoms with Gasteiger partial charge in [0.2, 0.25) is 5.01 Å². The number of carbonyl (C=O) groups is 1. The molecule has 1 aromatic heterocycles. The Balaban J connectivity index is 1.96. The highest BCUT2D eigenvalue weighted by Crippen LogP contribution is 2.15. The van der Waals surface area contributed by atoms with Crippen LogP contribution in [0.4, 0.5) is 4.39 Å². The molecule has 0 unspecified atom stereocenters. The molecule has 7 heteroatoms. The molecule has 1 aromatic carbocycles. The molecule has 0 saturated carbocycles. The Hall–Kier alpha value is -1.09. The second-order valence-electron chi connectivity index (χ2n) is 3.49. The van der Waals surface area contributed by atoms with Crippen LogP contribution in [0.1, 0.15) is 20.4 Å². The lowest BCUT2D eigenvalue weighted by atomic mass is 10.1. The average Bonchev–Trinajstić information content (AvgIpc) is 2.86. The van der Waals surface area contributed by atoms with E-state index >= 15 is 0 Å². The van der Waals surface area contributed by atoms with Gasteiger partial charge in [-0.25, -0.2) is 9.18 Å². The third-order valence-electron chi connectivity index (χ3n) is 2.25. The van der Waals surface area contributed by atoms with Gasteiger partial charge in [-0.1, -0.05) is 23.5 Å². The quantitative estimate of drug-likeness (QED) is 0.768. The minimum absolute atomic E-state index is 0.248. The van der Waals surface area contributed by atoms with Gasteiger partial charge in [-0.2, -0.15) is 0 Å². The molecule has 0 aliphatic rings. The summed E-state index contributed by atoms with van der Waals surface area (Å²) in [5.74, 6) is -0.733. The Morgan fingerprint density at radius 3 is 2.67 bits per heavy atom. The Kier molecular flexibility index (Phi) is 4.59. The molecule has 0 aliphatic heterocycles.